The number of benzene rings is 1. The summed E-state index contributed by atoms with van der Waals surface area (Å²) in [5.74, 6) is 0. The first-order chi connectivity index (χ1) is 8.70. The zero-order valence-corrected chi connectivity index (χ0v) is 12.0. The number of anilines is 1. The molecule has 1 aromatic carbocycles. The number of hydrogen-bond acceptors (Lipinski definition) is 2. The minimum Gasteiger partial charge on any atom is -0.371 e. The molecule has 0 aromatic heterocycles. The van der Waals surface area contributed by atoms with Crippen molar-refractivity contribution in [1.29, 1.82) is 0 Å². The van der Waals surface area contributed by atoms with Gasteiger partial charge in [0.05, 0.1) is 0 Å². The van der Waals surface area contributed by atoms with Crippen LogP contribution in [-0.4, -0.2) is 26.2 Å². The van der Waals surface area contributed by atoms with Gasteiger partial charge in [0.15, 0.2) is 0 Å². The molecule has 0 saturated carbocycles. The molecule has 1 aliphatic heterocycles. The van der Waals surface area contributed by atoms with Crippen molar-refractivity contribution in [1.82, 2.24) is 5.32 Å². The Morgan fingerprint density at radius 1 is 1.39 bits per heavy atom. The quantitative estimate of drug-likeness (QED) is 0.858. The first-order valence-electron chi connectivity index (χ1n) is 7.22. The highest BCUT2D eigenvalue weighted by Gasteiger charge is 2.16. The number of hydrogen-bond donors (Lipinski definition) is 1. The normalized spacial score (nSPS) is 16.5. The van der Waals surface area contributed by atoms with E-state index in [1.807, 2.05) is 7.05 Å². The van der Waals surface area contributed by atoms with Gasteiger partial charge in [0.1, 0.15) is 0 Å². The zero-order valence-electron chi connectivity index (χ0n) is 12.0. The minimum atomic E-state index is 0.632. The average Bonchev–Trinajstić information content (AvgIpc) is 2.38. The molecular formula is C16H26N2. The molecule has 0 radical (unpaired) electrons. The van der Waals surface area contributed by atoms with Crippen molar-refractivity contribution in [2.75, 3.05) is 25.0 Å². The molecule has 0 aliphatic carbocycles. The molecule has 18 heavy (non-hydrogen) atoms. The monoisotopic (exact) mass is 246 g/mol. The van der Waals surface area contributed by atoms with E-state index in [0.29, 0.717) is 6.04 Å². The number of nitrogens with zero attached hydrogens (tertiary/aromatic N) is 1. The average molecular weight is 246 g/mol. The van der Waals surface area contributed by atoms with E-state index in [9.17, 15) is 0 Å². The topological polar surface area (TPSA) is 15.3 Å². The smallest absolute Gasteiger partial charge is 0.0398 e. The number of fused-ring (bicyclic) bond motifs is 1. The maximum atomic E-state index is 3.31. The van der Waals surface area contributed by atoms with E-state index in [1.165, 1.54) is 50.0 Å². The highest BCUT2D eigenvalue weighted by molar-refractivity contribution is 5.56. The molecule has 100 valence electrons. The summed E-state index contributed by atoms with van der Waals surface area (Å²) in [7, 11) is 2.05. The van der Waals surface area contributed by atoms with E-state index in [0.717, 1.165) is 0 Å². The third-order valence-electron chi connectivity index (χ3n) is 4.01. The fourth-order valence-corrected chi connectivity index (χ4v) is 2.77. The molecule has 1 N–H and O–H groups in total. The lowest BCUT2D eigenvalue weighted by molar-refractivity contribution is 0.532. The highest BCUT2D eigenvalue weighted by atomic mass is 15.1. The van der Waals surface area contributed by atoms with Crippen LogP contribution in [0.5, 0.6) is 0 Å². The van der Waals surface area contributed by atoms with E-state index >= 15 is 0 Å². The maximum absolute atomic E-state index is 3.31. The molecular weight excluding hydrogens is 220 g/mol. The van der Waals surface area contributed by atoms with Crippen molar-refractivity contribution < 1.29 is 0 Å². The van der Waals surface area contributed by atoms with Gasteiger partial charge in [-0.15, -0.1) is 0 Å². The third-order valence-corrected chi connectivity index (χ3v) is 4.01. The standard InChI is InChI=1S/C16H26N2/c1-13-8-9-16-15(12-13)7-5-11-18(16)10-4-6-14(2)17-3/h8-9,12,14,17H,4-7,10-11H2,1-3H3. The van der Waals surface area contributed by atoms with Crippen molar-refractivity contribution in [2.24, 2.45) is 0 Å². The summed E-state index contributed by atoms with van der Waals surface area (Å²) in [6.07, 6.45) is 5.09. The van der Waals surface area contributed by atoms with Gasteiger partial charge in [-0.1, -0.05) is 17.7 Å². The SMILES string of the molecule is CNC(C)CCCN1CCCc2cc(C)ccc21. The lowest BCUT2D eigenvalue weighted by Gasteiger charge is -2.32. The Labute approximate surface area is 111 Å². The van der Waals surface area contributed by atoms with Gasteiger partial charge < -0.3 is 10.2 Å². The van der Waals surface area contributed by atoms with Gasteiger partial charge in [-0.3, -0.25) is 0 Å². The van der Waals surface area contributed by atoms with Gasteiger partial charge in [0.2, 0.25) is 0 Å². The van der Waals surface area contributed by atoms with Crippen molar-refractivity contribution in [3.8, 4) is 0 Å². The van der Waals surface area contributed by atoms with Crippen molar-refractivity contribution >= 4 is 5.69 Å². The largest absolute Gasteiger partial charge is 0.371 e. The summed E-state index contributed by atoms with van der Waals surface area (Å²) < 4.78 is 0. The van der Waals surface area contributed by atoms with Crippen LogP contribution in [0.2, 0.25) is 0 Å². The second-order valence-corrected chi connectivity index (χ2v) is 5.55. The Hall–Kier alpha value is -1.02. The fraction of sp³-hybridized carbons (Fsp3) is 0.625. The number of aryl methyl sites for hydroxylation is 2. The second-order valence-electron chi connectivity index (χ2n) is 5.55. The summed E-state index contributed by atoms with van der Waals surface area (Å²) in [6, 6.07) is 7.54. The molecule has 2 nitrogen and oxygen atoms in total. The molecule has 1 unspecified atom stereocenters. The van der Waals surface area contributed by atoms with Gasteiger partial charge in [-0.2, -0.15) is 0 Å². The Morgan fingerprint density at radius 2 is 2.22 bits per heavy atom. The minimum absolute atomic E-state index is 0.632. The van der Waals surface area contributed by atoms with Gasteiger partial charge in [0, 0.05) is 24.8 Å². The molecule has 0 saturated heterocycles. The Bertz CT molecular complexity index is 387. The zero-order chi connectivity index (χ0) is 13.0. The van der Waals surface area contributed by atoms with Crippen LogP contribution in [0.1, 0.15) is 37.3 Å². The summed E-state index contributed by atoms with van der Waals surface area (Å²) >= 11 is 0. The molecule has 1 atom stereocenters. The Morgan fingerprint density at radius 3 is 3.00 bits per heavy atom. The van der Waals surface area contributed by atoms with Gasteiger partial charge in [-0.05, 0) is 58.2 Å². The van der Waals surface area contributed by atoms with Crippen LogP contribution in [0.4, 0.5) is 5.69 Å². The van der Waals surface area contributed by atoms with Crippen LogP contribution in [-0.2, 0) is 6.42 Å². The molecule has 0 amide bonds. The molecule has 1 heterocycles. The second kappa shape index (κ2) is 6.24. The van der Waals surface area contributed by atoms with Crippen LogP contribution in [0, 0.1) is 6.92 Å². The summed E-state index contributed by atoms with van der Waals surface area (Å²) in [6.45, 7) is 6.87. The number of nitrogens with one attached hydrogen (secondary N) is 1. The first-order valence-corrected chi connectivity index (χ1v) is 7.22. The van der Waals surface area contributed by atoms with Crippen LogP contribution >= 0.6 is 0 Å². The highest BCUT2D eigenvalue weighted by Crippen LogP contribution is 2.28. The van der Waals surface area contributed by atoms with E-state index < -0.39 is 0 Å². The van der Waals surface area contributed by atoms with E-state index in [2.05, 4.69) is 42.3 Å². The molecule has 2 heteroatoms. The molecule has 0 spiro atoms. The third kappa shape index (κ3) is 3.26. The molecule has 0 fully saturated rings. The number of rotatable bonds is 5. The van der Waals surface area contributed by atoms with E-state index in [-0.39, 0.29) is 0 Å². The summed E-state index contributed by atoms with van der Waals surface area (Å²) in [5, 5.41) is 3.31. The predicted octanol–water partition coefficient (Wildman–Crippen LogP) is 3.14. The molecule has 1 aromatic rings. The predicted molar refractivity (Wildman–Crippen MR) is 79.5 cm³/mol. The lowest BCUT2D eigenvalue weighted by Crippen LogP contribution is -2.31. The van der Waals surface area contributed by atoms with Crippen LogP contribution < -0.4 is 10.2 Å². The molecule has 0 bridgehead atoms. The molecule has 2 rings (SSSR count). The Kier molecular flexibility index (Phi) is 4.65. The first kappa shape index (κ1) is 13.4. The van der Waals surface area contributed by atoms with Crippen molar-refractivity contribution in [2.45, 2.75) is 45.6 Å². The van der Waals surface area contributed by atoms with Crippen LogP contribution in [0.15, 0.2) is 18.2 Å². The van der Waals surface area contributed by atoms with Crippen LogP contribution in [0.25, 0.3) is 0 Å². The van der Waals surface area contributed by atoms with Crippen LogP contribution in [0.3, 0.4) is 0 Å². The van der Waals surface area contributed by atoms with Gasteiger partial charge in [-0.25, -0.2) is 0 Å². The van der Waals surface area contributed by atoms with Crippen molar-refractivity contribution in [3.05, 3.63) is 29.3 Å². The molecule has 1 aliphatic rings. The summed E-state index contributed by atoms with van der Waals surface area (Å²) in [4.78, 5) is 2.57. The summed E-state index contributed by atoms with van der Waals surface area (Å²) in [5.41, 5.74) is 4.41. The lowest BCUT2D eigenvalue weighted by atomic mass is 9.99. The fourth-order valence-electron chi connectivity index (χ4n) is 2.77. The van der Waals surface area contributed by atoms with Gasteiger partial charge >= 0.3 is 0 Å². The van der Waals surface area contributed by atoms with E-state index in [4.69, 9.17) is 0 Å². The maximum Gasteiger partial charge on any atom is 0.0398 e. The van der Waals surface area contributed by atoms with E-state index in [1.54, 1.807) is 5.56 Å². The van der Waals surface area contributed by atoms with Crippen molar-refractivity contribution in [3.63, 3.8) is 0 Å². The Balaban J connectivity index is 1.95. The van der Waals surface area contributed by atoms with Gasteiger partial charge in [0.25, 0.3) is 0 Å².